The van der Waals surface area contributed by atoms with Gasteiger partial charge >= 0.3 is 0 Å². The fourth-order valence-corrected chi connectivity index (χ4v) is 2.90. The van der Waals surface area contributed by atoms with Gasteiger partial charge in [0.2, 0.25) is 5.75 Å². The predicted octanol–water partition coefficient (Wildman–Crippen LogP) is 4.91. The molecule has 0 saturated heterocycles. The maximum atomic E-state index is 6.19. The molecule has 124 valence electrons. The van der Waals surface area contributed by atoms with Gasteiger partial charge in [-0.15, -0.1) is 0 Å². The lowest BCUT2D eigenvalue weighted by molar-refractivity contribution is 0.299. The highest BCUT2D eigenvalue weighted by Gasteiger charge is 2.14. The van der Waals surface area contributed by atoms with Crippen LogP contribution in [0.4, 0.5) is 0 Å². The molecule has 0 heterocycles. The van der Waals surface area contributed by atoms with Gasteiger partial charge in [-0.05, 0) is 42.3 Å². The van der Waals surface area contributed by atoms with Crippen molar-refractivity contribution in [3.8, 4) is 23.0 Å². The lowest BCUT2D eigenvalue weighted by Gasteiger charge is -2.15. The monoisotopic (exact) mass is 356 g/mol. The lowest BCUT2D eigenvalue weighted by atomic mass is 10.2. The molecular formula is C17H18Cl2O4. The van der Waals surface area contributed by atoms with Crippen molar-refractivity contribution in [2.75, 3.05) is 21.3 Å². The van der Waals surface area contributed by atoms with Crippen LogP contribution in [0, 0.1) is 6.92 Å². The number of hydrogen-bond donors (Lipinski definition) is 0. The maximum absolute atomic E-state index is 6.19. The van der Waals surface area contributed by atoms with Crippen LogP contribution in [0.15, 0.2) is 24.3 Å². The summed E-state index contributed by atoms with van der Waals surface area (Å²) in [5.74, 6) is 2.11. The van der Waals surface area contributed by atoms with Crippen LogP contribution in [-0.4, -0.2) is 21.3 Å². The van der Waals surface area contributed by atoms with Crippen LogP contribution in [0.2, 0.25) is 10.0 Å². The zero-order valence-corrected chi connectivity index (χ0v) is 14.9. The first-order valence-corrected chi connectivity index (χ1v) is 7.63. The van der Waals surface area contributed by atoms with Gasteiger partial charge in [0, 0.05) is 0 Å². The van der Waals surface area contributed by atoms with Gasteiger partial charge in [0.05, 0.1) is 31.4 Å². The summed E-state index contributed by atoms with van der Waals surface area (Å²) in [6.45, 7) is 2.18. The van der Waals surface area contributed by atoms with Gasteiger partial charge in [0.25, 0.3) is 0 Å². The first kappa shape index (κ1) is 17.6. The van der Waals surface area contributed by atoms with Crippen molar-refractivity contribution in [1.29, 1.82) is 0 Å². The van der Waals surface area contributed by atoms with Crippen LogP contribution in [0.25, 0.3) is 0 Å². The number of benzene rings is 2. The van der Waals surface area contributed by atoms with E-state index in [4.69, 9.17) is 42.1 Å². The maximum Gasteiger partial charge on any atom is 0.203 e. The molecule has 2 aromatic carbocycles. The van der Waals surface area contributed by atoms with E-state index in [9.17, 15) is 0 Å². The van der Waals surface area contributed by atoms with E-state index in [-0.39, 0.29) is 6.61 Å². The molecule has 4 nitrogen and oxygen atoms in total. The Morgan fingerprint density at radius 3 is 1.74 bits per heavy atom. The largest absolute Gasteiger partial charge is 0.493 e. The Bertz CT molecular complexity index is 653. The number of ether oxygens (including phenoxy) is 4. The van der Waals surface area contributed by atoms with Crippen LogP contribution in [0.3, 0.4) is 0 Å². The summed E-state index contributed by atoms with van der Waals surface area (Å²) in [7, 11) is 4.69. The van der Waals surface area contributed by atoms with Crippen LogP contribution in [-0.2, 0) is 6.61 Å². The lowest BCUT2D eigenvalue weighted by Crippen LogP contribution is -2.01. The molecule has 23 heavy (non-hydrogen) atoms. The molecule has 6 heteroatoms. The van der Waals surface area contributed by atoms with Gasteiger partial charge in [0.1, 0.15) is 6.61 Å². The third-order valence-corrected chi connectivity index (χ3v) is 3.81. The van der Waals surface area contributed by atoms with Gasteiger partial charge in [0.15, 0.2) is 17.2 Å². The average molecular weight is 357 g/mol. The molecule has 0 aliphatic carbocycles. The van der Waals surface area contributed by atoms with Crippen LogP contribution in [0.1, 0.15) is 11.1 Å². The molecule has 0 fully saturated rings. The molecule has 0 saturated carbocycles. The fraction of sp³-hybridized carbons (Fsp3) is 0.294. The van der Waals surface area contributed by atoms with Gasteiger partial charge < -0.3 is 18.9 Å². The Balaban J connectivity index is 2.28. The standard InChI is InChI=1S/C17H18Cl2O4/c1-10-5-12(18)16(13(19)6-10)23-9-11-7-14(20-2)17(22-4)15(8-11)21-3/h5-8H,9H2,1-4H3. The second-order valence-corrected chi connectivity index (χ2v) is 5.69. The van der Waals surface area contributed by atoms with Crippen molar-refractivity contribution in [3.63, 3.8) is 0 Å². The second-order valence-electron chi connectivity index (χ2n) is 4.88. The number of methoxy groups -OCH3 is 3. The molecule has 0 aromatic heterocycles. The van der Waals surface area contributed by atoms with Crippen molar-refractivity contribution in [1.82, 2.24) is 0 Å². The molecule has 2 aromatic rings. The zero-order valence-electron chi connectivity index (χ0n) is 13.4. The van der Waals surface area contributed by atoms with Gasteiger partial charge in [-0.1, -0.05) is 23.2 Å². The molecule has 0 aliphatic heterocycles. The molecule has 0 atom stereocenters. The highest BCUT2D eigenvalue weighted by Crippen LogP contribution is 2.39. The van der Waals surface area contributed by atoms with E-state index in [2.05, 4.69) is 0 Å². The van der Waals surface area contributed by atoms with E-state index in [1.54, 1.807) is 33.5 Å². The highest BCUT2D eigenvalue weighted by molar-refractivity contribution is 6.37. The van der Waals surface area contributed by atoms with Crippen molar-refractivity contribution in [3.05, 3.63) is 45.4 Å². The average Bonchev–Trinajstić information content (AvgIpc) is 2.52. The van der Waals surface area contributed by atoms with E-state index in [1.807, 2.05) is 19.1 Å². The van der Waals surface area contributed by atoms with E-state index >= 15 is 0 Å². The second kappa shape index (κ2) is 7.66. The Kier molecular flexibility index (Phi) is 5.85. The van der Waals surface area contributed by atoms with Crippen molar-refractivity contribution < 1.29 is 18.9 Å². The highest BCUT2D eigenvalue weighted by atomic mass is 35.5. The third kappa shape index (κ3) is 3.95. The number of hydrogen-bond acceptors (Lipinski definition) is 4. The van der Waals surface area contributed by atoms with E-state index in [0.717, 1.165) is 11.1 Å². The molecule has 0 amide bonds. The minimum atomic E-state index is 0.263. The number of halogens is 2. The summed E-state index contributed by atoms with van der Waals surface area (Å²) in [5.41, 5.74) is 1.81. The van der Waals surface area contributed by atoms with E-state index < -0.39 is 0 Å². The van der Waals surface area contributed by atoms with Gasteiger partial charge in [-0.3, -0.25) is 0 Å². The summed E-state index contributed by atoms with van der Waals surface area (Å²) in [6.07, 6.45) is 0. The molecule has 2 rings (SSSR count). The SMILES string of the molecule is COc1cc(COc2c(Cl)cc(C)cc2Cl)cc(OC)c1OC. The Labute approximate surface area is 145 Å². The summed E-state index contributed by atoms with van der Waals surface area (Å²) < 4.78 is 21.7. The van der Waals surface area contributed by atoms with Crippen molar-refractivity contribution >= 4 is 23.2 Å². The normalized spacial score (nSPS) is 10.3. The third-order valence-electron chi connectivity index (χ3n) is 3.25. The topological polar surface area (TPSA) is 36.9 Å². The first-order chi connectivity index (χ1) is 11.0. The van der Waals surface area contributed by atoms with Gasteiger partial charge in [-0.25, -0.2) is 0 Å². The minimum Gasteiger partial charge on any atom is -0.493 e. The predicted molar refractivity (Wildman–Crippen MR) is 91.6 cm³/mol. The summed E-state index contributed by atoms with van der Waals surface area (Å²) in [6, 6.07) is 7.24. The number of aryl methyl sites for hydroxylation is 1. The van der Waals surface area contributed by atoms with E-state index in [1.165, 1.54) is 0 Å². The molecular weight excluding hydrogens is 339 g/mol. The van der Waals surface area contributed by atoms with Crippen LogP contribution >= 0.6 is 23.2 Å². The zero-order chi connectivity index (χ0) is 17.0. The minimum absolute atomic E-state index is 0.263. The summed E-state index contributed by atoms with van der Waals surface area (Å²) in [4.78, 5) is 0. The number of rotatable bonds is 6. The first-order valence-electron chi connectivity index (χ1n) is 6.87. The van der Waals surface area contributed by atoms with Crippen molar-refractivity contribution in [2.45, 2.75) is 13.5 Å². The molecule has 0 spiro atoms. The van der Waals surface area contributed by atoms with E-state index in [0.29, 0.717) is 33.0 Å². The smallest absolute Gasteiger partial charge is 0.203 e. The van der Waals surface area contributed by atoms with Crippen molar-refractivity contribution in [2.24, 2.45) is 0 Å². The Morgan fingerprint density at radius 1 is 0.783 bits per heavy atom. The Morgan fingerprint density at radius 2 is 1.30 bits per heavy atom. The quantitative estimate of drug-likeness (QED) is 0.736. The molecule has 0 N–H and O–H groups in total. The van der Waals surface area contributed by atoms with Crippen LogP contribution < -0.4 is 18.9 Å². The fourth-order valence-electron chi connectivity index (χ4n) is 2.20. The summed E-state index contributed by atoms with van der Waals surface area (Å²) >= 11 is 12.4. The van der Waals surface area contributed by atoms with Crippen LogP contribution in [0.5, 0.6) is 23.0 Å². The molecule has 0 radical (unpaired) electrons. The molecule has 0 bridgehead atoms. The summed E-state index contributed by atoms with van der Waals surface area (Å²) in [5, 5.41) is 0.949. The Hall–Kier alpha value is -1.78. The molecule has 0 aliphatic rings. The molecule has 0 unspecified atom stereocenters. The van der Waals surface area contributed by atoms with Gasteiger partial charge in [-0.2, -0.15) is 0 Å².